The molecule has 4 fully saturated rings. The highest BCUT2D eigenvalue weighted by Crippen LogP contribution is 2.74. The minimum atomic E-state index is -4.78. The summed E-state index contributed by atoms with van der Waals surface area (Å²) in [5.74, 6) is -4.84. The third kappa shape index (κ3) is 3.81. The summed E-state index contributed by atoms with van der Waals surface area (Å²) in [6.07, 6.45) is 6.12. The first-order chi connectivity index (χ1) is 21.6. The van der Waals surface area contributed by atoms with Gasteiger partial charge in [0.25, 0.3) is 11.8 Å². The number of allylic oxidation sites excluding steroid dienone is 2. The van der Waals surface area contributed by atoms with Gasteiger partial charge in [0.15, 0.2) is 4.98 Å². The van der Waals surface area contributed by atoms with Crippen molar-refractivity contribution in [2.75, 3.05) is 0 Å². The average molecular weight is 648 g/mol. The number of nitrogens with zero attached hydrogens (tertiary/aromatic N) is 3. The number of carboxylic acid groups (broad SMARTS) is 1. The molecule has 6 aliphatic rings. The quantitative estimate of drug-likeness (QED) is 0.249. The van der Waals surface area contributed by atoms with Crippen LogP contribution in [0.5, 0.6) is 5.75 Å². The molecule has 2 aromatic carbocycles. The van der Waals surface area contributed by atoms with Crippen molar-refractivity contribution < 1.29 is 37.3 Å². The zero-order valence-corrected chi connectivity index (χ0v) is 27.0. The predicted octanol–water partition coefficient (Wildman–Crippen LogP) is 5.53. The number of fused-ring (bicyclic) bond motifs is 2. The fraction of sp³-hybridized carbons (Fsp3) is 0.559. The number of hydrogen-bond acceptors (Lipinski definition) is 8. The number of amides is 2. The number of diazo groups is 1. The van der Waals surface area contributed by atoms with Crippen molar-refractivity contribution >= 4 is 44.4 Å². The lowest BCUT2D eigenvalue weighted by molar-refractivity contribution is -0.264. The lowest BCUT2D eigenvalue weighted by Gasteiger charge is -2.68. The third-order valence-electron chi connectivity index (χ3n) is 12.6. The van der Waals surface area contributed by atoms with E-state index in [1.165, 1.54) is 30.3 Å². The molecule has 2 amide bonds. The lowest BCUT2D eigenvalue weighted by Crippen LogP contribution is -2.65. The van der Waals surface area contributed by atoms with Gasteiger partial charge in [0, 0.05) is 16.9 Å². The fourth-order valence-electron chi connectivity index (χ4n) is 10.7. The number of carbonyl (C=O) groups is 3. The van der Waals surface area contributed by atoms with Gasteiger partial charge in [-0.1, -0.05) is 51.0 Å². The monoisotopic (exact) mass is 647 g/mol. The molecule has 12 heteroatoms. The van der Waals surface area contributed by atoms with E-state index >= 15 is 0 Å². The van der Waals surface area contributed by atoms with Crippen LogP contribution >= 0.6 is 0 Å². The van der Waals surface area contributed by atoms with E-state index in [9.17, 15) is 33.0 Å². The molecule has 1 aliphatic heterocycles. The van der Waals surface area contributed by atoms with Gasteiger partial charge in [-0.25, -0.2) is 0 Å². The van der Waals surface area contributed by atoms with Crippen LogP contribution in [0.3, 0.4) is 0 Å². The number of imide groups is 1. The van der Waals surface area contributed by atoms with Crippen molar-refractivity contribution in [3.63, 3.8) is 0 Å². The summed E-state index contributed by atoms with van der Waals surface area (Å²) < 4.78 is 32.9. The Morgan fingerprint density at radius 2 is 1.83 bits per heavy atom. The van der Waals surface area contributed by atoms with Crippen molar-refractivity contribution in [3.05, 3.63) is 47.0 Å². The van der Waals surface area contributed by atoms with Gasteiger partial charge in [0.05, 0.1) is 17.3 Å². The molecular weight excluding hydrogens is 610 g/mol. The van der Waals surface area contributed by atoms with Crippen LogP contribution in [0.1, 0.15) is 66.2 Å². The molecule has 8 rings (SSSR count). The van der Waals surface area contributed by atoms with Gasteiger partial charge in [0.2, 0.25) is 5.39 Å². The Bertz CT molecular complexity index is 1920. The highest BCUT2D eigenvalue weighted by atomic mass is 32.2. The summed E-state index contributed by atoms with van der Waals surface area (Å²) in [4.78, 5) is 43.7. The minimum Gasteiger partial charge on any atom is -0.867 e. The molecule has 3 saturated carbocycles. The van der Waals surface area contributed by atoms with Gasteiger partial charge in [0.1, 0.15) is 4.90 Å². The standard InChI is InChI=1S/C34H37N3O8S/c1-17(2)21-16-34-14-11-24-32(3,12-6-13-33(24,4)31(41)42)25(34)15-20(21)26-27(34)30(40)37(29(26)39)45-46(43,44)23-8-5-7-19-18(23)9-10-22(36-35)28(19)38/h5,7-10,16-17,20,24-27H,6,11-15H2,1-4H3,(H-,38,41,42)/t20-,24+,25+,26?,27?,32-,33+,34-/m0/s1. The first-order valence-corrected chi connectivity index (χ1v) is 17.4. The maximum absolute atomic E-state index is 14.4. The summed E-state index contributed by atoms with van der Waals surface area (Å²) in [6.45, 7) is 8.13. The Balaban J connectivity index is 1.29. The molecule has 5 aliphatic carbocycles. The van der Waals surface area contributed by atoms with E-state index in [0.29, 0.717) is 30.7 Å². The Morgan fingerprint density at radius 1 is 1.09 bits per heavy atom. The van der Waals surface area contributed by atoms with Crippen molar-refractivity contribution in [2.24, 2.45) is 51.8 Å². The topological polar surface area (TPSA) is 169 Å². The zero-order chi connectivity index (χ0) is 33.1. The van der Waals surface area contributed by atoms with Gasteiger partial charge in [-0.3, -0.25) is 14.4 Å². The molecule has 242 valence electrons. The summed E-state index contributed by atoms with van der Waals surface area (Å²) >= 11 is 0. The van der Waals surface area contributed by atoms with Gasteiger partial charge < -0.3 is 10.2 Å². The number of aliphatic carboxylic acids is 1. The van der Waals surface area contributed by atoms with E-state index in [-0.39, 0.29) is 45.5 Å². The Labute approximate surface area is 267 Å². The van der Waals surface area contributed by atoms with E-state index in [4.69, 9.17) is 9.68 Å². The molecular formula is C34H37N3O8S. The molecule has 8 atom stereocenters. The van der Waals surface area contributed by atoms with Crippen LogP contribution in [0.15, 0.2) is 46.9 Å². The summed E-state index contributed by atoms with van der Waals surface area (Å²) in [7, 11) is -4.78. The first kappa shape index (κ1) is 30.8. The summed E-state index contributed by atoms with van der Waals surface area (Å²) in [5.41, 5.74) is -1.18. The molecule has 2 bridgehead atoms. The largest absolute Gasteiger partial charge is 0.867 e. The van der Waals surface area contributed by atoms with Crippen LogP contribution in [0.4, 0.5) is 5.69 Å². The van der Waals surface area contributed by atoms with Crippen molar-refractivity contribution in [1.82, 2.24) is 5.06 Å². The highest BCUT2D eigenvalue weighted by Gasteiger charge is 2.74. The van der Waals surface area contributed by atoms with Crippen molar-refractivity contribution in [2.45, 2.75) is 71.1 Å². The minimum absolute atomic E-state index is 0.00363. The van der Waals surface area contributed by atoms with E-state index < -0.39 is 61.2 Å². The number of hydroxylamine groups is 2. The van der Waals surface area contributed by atoms with Crippen LogP contribution < -0.4 is 5.11 Å². The number of benzene rings is 2. The zero-order valence-electron chi connectivity index (χ0n) is 26.2. The molecule has 1 saturated heterocycles. The lowest BCUT2D eigenvalue weighted by atomic mass is 9.34. The van der Waals surface area contributed by atoms with E-state index in [2.05, 4.69) is 31.8 Å². The molecule has 1 N–H and O–H groups in total. The normalized spacial score (nSPS) is 36.7. The van der Waals surface area contributed by atoms with Crippen LogP contribution in [0, 0.1) is 57.1 Å². The molecule has 1 heterocycles. The molecule has 0 aromatic heterocycles. The fourth-order valence-corrected chi connectivity index (χ4v) is 11.8. The van der Waals surface area contributed by atoms with Crippen molar-refractivity contribution in [3.8, 4) is 5.75 Å². The molecule has 1 spiro atoms. The van der Waals surface area contributed by atoms with Crippen LogP contribution in [-0.2, 0) is 28.8 Å². The Kier molecular flexibility index (Phi) is 6.59. The van der Waals surface area contributed by atoms with E-state index in [1.807, 2.05) is 6.92 Å². The van der Waals surface area contributed by atoms with Crippen LogP contribution in [0.25, 0.3) is 15.7 Å². The van der Waals surface area contributed by atoms with Gasteiger partial charge in [-0.2, -0.15) is 8.42 Å². The van der Waals surface area contributed by atoms with Crippen LogP contribution in [-0.4, -0.2) is 36.4 Å². The highest BCUT2D eigenvalue weighted by molar-refractivity contribution is 7.87. The second-order valence-electron chi connectivity index (χ2n) is 14.8. The molecule has 2 unspecified atom stereocenters. The molecule has 11 nitrogen and oxygen atoms in total. The SMILES string of the molecule is CC(C)C1=C[C@@]23CC[C@@H]4[C@](C)(CCC[C@@]4(C)C(=O)O)[C@H]2C[C@@H]1C1C(=O)N(OS(=O)(=O)c2cccc4c([O-])c([N+]#N)ccc24)C(=O)C13. The maximum Gasteiger partial charge on any atom is 0.378 e. The second-order valence-corrected chi connectivity index (χ2v) is 16.3. The number of rotatable bonds is 5. The van der Waals surface area contributed by atoms with E-state index in [0.717, 1.165) is 18.4 Å². The van der Waals surface area contributed by atoms with Gasteiger partial charge in [-0.05, 0) is 91.4 Å². The second kappa shape index (κ2) is 9.84. The smallest absolute Gasteiger partial charge is 0.378 e. The molecule has 2 aromatic rings. The van der Waals surface area contributed by atoms with Gasteiger partial charge in [-0.15, -0.1) is 9.35 Å². The first-order valence-electron chi connectivity index (χ1n) is 16.0. The summed E-state index contributed by atoms with van der Waals surface area (Å²) in [5, 5.41) is 32.6. The van der Waals surface area contributed by atoms with E-state index in [1.54, 1.807) is 0 Å². The number of carboxylic acids is 1. The molecule has 46 heavy (non-hydrogen) atoms. The van der Waals surface area contributed by atoms with Gasteiger partial charge >= 0.3 is 21.8 Å². The molecule has 0 radical (unpaired) electrons. The third-order valence-corrected chi connectivity index (χ3v) is 13.9. The average Bonchev–Trinajstić information content (AvgIpc) is 3.27. The Morgan fingerprint density at radius 3 is 2.50 bits per heavy atom. The Hall–Kier alpha value is -3.82. The number of carbonyl (C=O) groups excluding carboxylic acids is 2. The summed E-state index contributed by atoms with van der Waals surface area (Å²) in [6, 6.07) is 6.45. The van der Waals surface area contributed by atoms with Crippen LogP contribution in [0.2, 0.25) is 0 Å². The van der Waals surface area contributed by atoms with Crippen molar-refractivity contribution in [1.29, 1.82) is 5.39 Å². The number of hydrogen-bond donors (Lipinski definition) is 1. The predicted molar refractivity (Wildman–Crippen MR) is 163 cm³/mol. The maximum atomic E-state index is 14.4.